The Kier molecular flexibility index (Phi) is 5.57. The Morgan fingerprint density at radius 2 is 2.11 bits per heavy atom. The maximum atomic E-state index is 12.9. The largest absolute Gasteiger partial charge is 0.497 e. The second kappa shape index (κ2) is 7.89. The highest BCUT2D eigenvalue weighted by molar-refractivity contribution is 5.89. The first-order valence-corrected chi connectivity index (χ1v) is 8.70. The normalized spacial score (nSPS) is 14.1. The average Bonchev–Trinajstić information content (AvgIpc) is 3.37. The van der Waals surface area contributed by atoms with Crippen molar-refractivity contribution in [3.63, 3.8) is 0 Å². The summed E-state index contributed by atoms with van der Waals surface area (Å²) in [5.74, 6) is 0.789. The van der Waals surface area contributed by atoms with Gasteiger partial charge in [0.2, 0.25) is 0 Å². The third-order valence-electron chi connectivity index (χ3n) is 4.26. The van der Waals surface area contributed by atoms with E-state index in [-0.39, 0.29) is 11.9 Å². The fourth-order valence-electron chi connectivity index (χ4n) is 2.76. The molecule has 0 spiro atoms. The zero-order chi connectivity index (χ0) is 19.4. The Bertz CT molecular complexity index is 800. The van der Waals surface area contributed by atoms with Crippen molar-refractivity contribution >= 4 is 11.7 Å². The van der Waals surface area contributed by atoms with Crippen molar-refractivity contribution in [3.8, 4) is 5.75 Å². The second-order valence-corrected chi connectivity index (χ2v) is 6.42. The number of methoxy groups -OCH3 is 1. The van der Waals surface area contributed by atoms with Crippen molar-refractivity contribution in [3.05, 3.63) is 41.7 Å². The van der Waals surface area contributed by atoms with Gasteiger partial charge in [-0.15, -0.1) is 0 Å². The molecule has 3 rings (SSSR count). The van der Waals surface area contributed by atoms with Crippen LogP contribution in [0.5, 0.6) is 5.75 Å². The van der Waals surface area contributed by atoms with Crippen molar-refractivity contribution in [2.45, 2.75) is 37.9 Å². The summed E-state index contributed by atoms with van der Waals surface area (Å²) in [6, 6.07) is 7.68. The van der Waals surface area contributed by atoms with Crippen LogP contribution >= 0.6 is 0 Å². The molecule has 1 heterocycles. The molecule has 1 aliphatic carbocycles. The molecule has 0 aliphatic heterocycles. The molecule has 146 valence electrons. The van der Waals surface area contributed by atoms with Crippen molar-refractivity contribution in [1.29, 1.82) is 0 Å². The number of carbonyl (C=O) groups excluding carboxylic acids is 1. The molecule has 27 heavy (non-hydrogen) atoms. The Labute approximate surface area is 154 Å². The average molecular weight is 382 g/mol. The molecule has 0 atom stereocenters. The van der Waals surface area contributed by atoms with Gasteiger partial charge in [-0.3, -0.25) is 4.68 Å². The molecule has 1 saturated carbocycles. The number of halogens is 3. The molecular weight excluding hydrogens is 361 g/mol. The quantitative estimate of drug-likeness (QED) is 0.712. The van der Waals surface area contributed by atoms with Gasteiger partial charge in [-0.2, -0.15) is 18.3 Å². The van der Waals surface area contributed by atoms with E-state index >= 15 is 0 Å². The van der Waals surface area contributed by atoms with Gasteiger partial charge in [-0.1, -0.05) is 6.07 Å². The third-order valence-corrected chi connectivity index (χ3v) is 4.26. The number of hydrogen-bond donors (Lipinski definition) is 2. The molecule has 0 unspecified atom stereocenters. The molecule has 0 bridgehead atoms. The van der Waals surface area contributed by atoms with Gasteiger partial charge in [-0.25, -0.2) is 4.79 Å². The summed E-state index contributed by atoms with van der Waals surface area (Å²) in [7, 11) is 1.54. The molecule has 1 aromatic carbocycles. The Hall–Kier alpha value is -2.71. The molecule has 0 radical (unpaired) electrons. The summed E-state index contributed by atoms with van der Waals surface area (Å²) in [5, 5.41) is 9.06. The number of benzene rings is 1. The number of nitrogens with one attached hydrogen (secondary N) is 2. The summed E-state index contributed by atoms with van der Waals surface area (Å²) >= 11 is 0. The van der Waals surface area contributed by atoms with Crippen LogP contribution < -0.4 is 15.4 Å². The van der Waals surface area contributed by atoms with Gasteiger partial charge in [0.15, 0.2) is 5.69 Å². The van der Waals surface area contributed by atoms with Crippen LogP contribution in [0.3, 0.4) is 0 Å². The van der Waals surface area contributed by atoms with E-state index in [2.05, 4.69) is 15.7 Å². The molecule has 6 nitrogen and oxygen atoms in total. The van der Waals surface area contributed by atoms with E-state index in [9.17, 15) is 18.0 Å². The Morgan fingerprint density at radius 1 is 1.33 bits per heavy atom. The summed E-state index contributed by atoms with van der Waals surface area (Å²) < 4.78 is 45.1. The number of aryl methyl sites for hydroxylation is 1. The number of amides is 2. The van der Waals surface area contributed by atoms with Crippen LogP contribution in [0, 0.1) is 0 Å². The lowest BCUT2D eigenvalue weighted by Gasteiger charge is -2.10. The molecule has 1 fully saturated rings. The number of aromatic nitrogens is 2. The molecule has 1 aliphatic rings. The van der Waals surface area contributed by atoms with Crippen LogP contribution in [0.2, 0.25) is 0 Å². The van der Waals surface area contributed by atoms with Gasteiger partial charge in [0.05, 0.1) is 7.11 Å². The van der Waals surface area contributed by atoms with Crippen LogP contribution in [0.4, 0.5) is 23.7 Å². The van der Waals surface area contributed by atoms with Gasteiger partial charge in [0, 0.05) is 36.5 Å². The maximum absolute atomic E-state index is 12.9. The second-order valence-electron chi connectivity index (χ2n) is 6.42. The lowest BCUT2D eigenvalue weighted by molar-refractivity contribution is -0.141. The minimum absolute atomic E-state index is 0.165. The number of anilines is 1. The van der Waals surface area contributed by atoms with Crippen LogP contribution in [0.25, 0.3) is 0 Å². The highest BCUT2D eigenvalue weighted by atomic mass is 19.4. The number of rotatable bonds is 7. The van der Waals surface area contributed by atoms with E-state index in [1.807, 2.05) is 0 Å². The highest BCUT2D eigenvalue weighted by Crippen LogP contribution is 2.42. The third kappa shape index (κ3) is 5.15. The predicted octanol–water partition coefficient (Wildman–Crippen LogP) is 4.00. The maximum Gasteiger partial charge on any atom is 0.435 e. The van der Waals surface area contributed by atoms with Crippen LogP contribution in [-0.4, -0.2) is 29.5 Å². The van der Waals surface area contributed by atoms with Gasteiger partial charge < -0.3 is 15.4 Å². The summed E-state index contributed by atoms with van der Waals surface area (Å²) in [6.07, 6.45) is -2.18. The van der Waals surface area contributed by atoms with E-state index in [0.29, 0.717) is 36.6 Å². The van der Waals surface area contributed by atoms with Crippen molar-refractivity contribution in [2.24, 2.45) is 0 Å². The standard InChI is InChI=1S/C18H21F3N4O2/c1-27-14-5-2-4-13(10-14)23-17(26)22-8-3-9-25-15(12-6-7-12)11-16(24-25)18(19,20)21/h2,4-5,10-12H,3,6-9H2,1H3,(H2,22,23,26). The van der Waals surface area contributed by atoms with Crippen molar-refractivity contribution in [1.82, 2.24) is 15.1 Å². The number of hydrogen-bond acceptors (Lipinski definition) is 3. The fraction of sp³-hybridized carbons (Fsp3) is 0.444. The minimum Gasteiger partial charge on any atom is -0.497 e. The molecule has 2 aromatic rings. The zero-order valence-corrected chi connectivity index (χ0v) is 14.8. The topological polar surface area (TPSA) is 68.2 Å². The lowest BCUT2D eigenvalue weighted by Crippen LogP contribution is -2.30. The zero-order valence-electron chi connectivity index (χ0n) is 14.8. The predicted molar refractivity (Wildman–Crippen MR) is 93.8 cm³/mol. The smallest absolute Gasteiger partial charge is 0.435 e. The van der Waals surface area contributed by atoms with Gasteiger partial charge >= 0.3 is 12.2 Å². The lowest BCUT2D eigenvalue weighted by atomic mass is 10.2. The molecule has 9 heteroatoms. The van der Waals surface area contributed by atoms with E-state index < -0.39 is 11.9 Å². The first-order chi connectivity index (χ1) is 12.9. The van der Waals surface area contributed by atoms with Crippen LogP contribution in [0.15, 0.2) is 30.3 Å². The van der Waals surface area contributed by atoms with E-state index in [1.165, 1.54) is 11.8 Å². The SMILES string of the molecule is COc1cccc(NC(=O)NCCCn2nc(C(F)(F)F)cc2C2CC2)c1. The first kappa shape index (κ1) is 19.1. The van der Waals surface area contributed by atoms with Crippen LogP contribution in [0.1, 0.15) is 36.6 Å². The number of alkyl halides is 3. The number of nitrogens with zero attached hydrogens (tertiary/aromatic N) is 2. The first-order valence-electron chi connectivity index (χ1n) is 8.70. The van der Waals surface area contributed by atoms with Crippen molar-refractivity contribution in [2.75, 3.05) is 19.0 Å². The Balaban J connectivity index is 1.48. The fourth-order valence-corrected chi connectivity index (χ4v) is 2.76. The monoisotopic (exact) mass is 382 g/mol. The van der Waals surface area contributed by atoms with Crippen LogP contribution in [-0.2, 0) is 12.7 Å². The van der Waals surface area contributed by atoms with E-state index in [0.717, 1.165) is 18.9 Å². The number of ether oxygens (including phenoxy) is 1. The van der Waals surface area contributed by atoms with E-state index in [1.54, 1.807) is 24.3 Å². The molecular formula is C18H21F3N4O2. The summed E-state index contributed by atoms with van der Waals surface area (Å²) in [6.45, 7) is 0.641. The minimum atomic E-state index is -4.44. The molecule has 1 aromatic heterocycles. The van der Waals surface area contributed by atoms with Gasteiger partial charge in [0.25, 0.3) is 0 Å². The highest BCUT2D eigenvalue weighted by Gasteiger charge is 2.37. The molecule has 0 saturated heterocycles. The number of carbonyl (C=O) groups is 1. The molecule has 2 N–H and O–H groups in total. The summed E-state index contributed by atoms with van der Waals surface area (Å²) in [5.41, 5.74) is 0.362. The number of urea groups is 1. The Morgan fingerprint density at radius 3 is 2.78 bits per heavy atom. The summed E-state index contributed by atoms with van der Waals surface area (Å²) in [4.78, 5) is 11.9. The van der Waals surface area contributed by atoms with Crippen molar-refractivity contribution < 1.29 is 22.7 Å². The molecule has 2 amide bonds. The van der Waals surface area contributed by atoms with Gasteiger partial charge in [-0.05, 0) is 37.5 Å². The van der Waals surface area contributed by atoms with Gasteiger partial charge in [0.1, 0.15) is 5.75 Å². The van der Waals surface area contributed by atoms with E-state index in [4.69, 9.17) is 4.74 Å².